The van der Waals surface area contributed by atoms with Gasteiger partial charge >= 0.3 is 0 Å². The van der Waals surface area contributed by atoms with Gasteiger partial charge in [0.2, 0.25) is 17.7 Å². The maximum atomic E-state index is 13.3. The molecule has 4 N–H and O–H groups in total. The molecule has 2 unspecified atom stereocenters. The summed E-state index contributed by atoms with van der Waals surface area (Å²) in [7, 11) is 0. The summed E-state index contributed by atoms with van der Waals surface area (Å²) in [6.07, 6.45) is 6.85. The van der Waals surface area contributed by atoms with E-state index in [1.165, 1.54) is 6.42 Å². The second-order valence-corrected chi connectivity index (χ2v) is 11.5. The molecule has 1 aliphatic heterocycles. The van der Waals surface area contributed by atoms with E-state index in [0.29, 0.717) is 51.5 Å². The molecular formula is C28H47N3O6. The van der Waals surface area contributed by atoms with Gasteiger partial charge in [0.1, 0.15) is 12.1 Å². The number of aliphatic hydroxyl groups is 2. The van der Waals surface area contributed by atoms with Crippen LogP contribution in [-0.4, -0.2) is 83.4 Å². The average molecular weight is 522 g/mol. The number of carbonyl (C=O) groups excluding carboxylic acids is 3. The van der Waals surface area contributed by atoms with Gasteiger partial charge in [-0.1, -0.05) is 52.0 Å². The SMILES string of the molecule is C=CC[C@H](NC(=O)C1CC1C(=O)N1CCOCC1)C(=O)N[C@@H](CC1CCCCC1)[C@@H](O)[C@@H](O)CC(C)C. The molecule has 2 saturated carbocycles. The van der Waals surface area contributed by atoms with Crippen LogP contribution < -0.4 is 10.6 Å². The number of hydrogen-bond donors (Lipinski definition) is 4. The topological polar surface area (TPSA) is 128 Å². The lowest BCUT2D eigenvalue weighted by Gasteiger charge is -2.33. The maximum Gasteiger partial charge on any atom is 0.243 e. The zero-order valence-corrected chi connectivity index (χ0v) is 22.6. The Bertz CT molecular complexity index is 778. The van der Waals surface area contributed by atoms with Gasteiger partial charge < -0.3 is 30.5 Å². The van der Waals surface area contributed by atoms with Crippen LogP contribution >= 0.6 is 0 Å². The van der Waals surface area contributed by atoms with Gasteiger partial charge in [-0.2, -0.15) is 0 Å². The molecule has 3 fully saturated rings. The lowest BCUT2D eigenvalue weighted by atomic mass is 9.82. The Balaban J connectivity index is 1.60. The third-order valence-corrected chi connectivity index (χ3v) is 7.96. The summed E-state index contributed by atoms with van der Waals surface area (Å²) in [5.41, 5.74) is 0. The Hall–Kier alpha value is -1.97. The average Bonchev–Trinajstić information content (AvgIpc) is 3.69. The first kappa shape index (κ1) is 29.6. The molecule has 0 bridgehead atoms. The van der Waals surface area contributed by atoms with Gasteiger partial charge in [0.25, 0.3) is 0 Å². The Labute approximate surface area is 221 Å². The van der Waals surface area contributed by atoms with Crippen LogP contribution in [0, 0.1) is 23.7 Å². The minimum Gasteiger partial charge on any atom is -0.390 e. The molecule has 0 aromatic carbocycles. The molecule has 210 valence electrons. The van der Waals surface area contributed by atoms with Crippen molar-refractivity contribution in [2.75, 3.05) is 26.3 Å². The number of morpholine rings is 1. The summed E-state index contributed by atoms with van der Waals surface area (Å²) < 4.78 is 5.30. The van der Waals surface area contributed by atoms with Gasteiger partial charge in [-0.3, -0.25) is 14.4 Å². The highest BCUT2D eigenvalue weighted by atomic mass is 16.5. The molecule has 0 spiro atoms. The Kier molecular flexibility index (Phi) is 11.4. The molecule has 3 aliphatic rings. The van der Waals surface area contributed by atoms with Crippen LogP contribution in [-0.2, 0) is 19.1 Å². The van der Waals surface area contributed by atoms with E-state index >= 15 is 0 Å². The molecule has 1 heterocycles. The van der Waals surface area contributed by atoms with Crippen LogP contribution in [0.3, 0.4) is 0 Å². The summed E-state index contributed by atoms with van der Waals surface area (Å²) >= 11 is 0. The largest absolute Gasteiger partial charge is 0.390 e. The number of nitrogens with one attached hydrogen (secondary N) is 2. The van der Waals surface area contributed by atoms with Crippen molar-refractivity contribution in [1.82, 2.24) is 15.5 Å². The van der Waals surface area contributed by atoms with E-state index in [1.807, 2.05) is 13.8 Å². The fourth-order valence-corrected chi connectivity index (χ4v) is 5.69. The first-order chi connectivity index (χ1) is 17.7. The first-order valence-corrected chi connectivity index (χ1v) is 14.2. The number of nitrogens with zero attached hydrogens (tertiary/aromatic N) is 1. The second kappa shape index (κ2) is 14.3. The van der Waals surface area contributed by atoms with Crippen LogP contribution in [0.4, 0.5) is 0 Å². The summed E-state index contributed by atoms with van der Waals surface area (Å²) in [5.74, 6) is -0.937. The fourth-order valence-electron chi connectivity index (χ4n) is 5.69. The predicted octanol–water partition coefficient (Wildman–Crippen LogP) is 1.77. The number of carbonyl (C=O) groups is 3. The molecule has 0 aromatic rings. The first-order valence-electron chi connectivity index (χ1n) is 14.2. The van der Waals surface area contributed by atoms with Crippen molar-refractivity contribution >= 4 is 17.7 Å². The minimum absolute atomic E-state index is 0.0250. The third-order valence-electron chi connectivity index (χ3n) is 7.96. The molecule has 2 aliphatic carbocycles. The van der Waals surface area contributed by atoms with E-state index in [9.17, 15) is 24.6 Å². The van der Waals surface area contributed by atoms with E-state index in [2.05, 4.69) is 17.2 Å². The molecule has 9 heteroatoms. The van der Waals surface area contributed by atoms with Gasteiger partial charge in [0, 0.05) is 13.1 Å². The smallest absolute Gasteiger partial charge is 0.243 e. The summed E-state index contributed by atoms with van der Waals surface area (Å²) in [4.78, 5) is 40.7. The maximum absolute atomic E-state index is 13.3. The van der Waals surface area contributed by atoms with Crippen molar-refractivity contribution in [3.8, 4) is 0 Å². The Morgan fingerprint density at radius 3 is 2.35 bits per heavy atom. The van der Waals surface area contributed by atoms with Crippen molar-refractivity contribution in [3.63, 3.8) is 0 Å². The molecule has 3 amide bonds. The third kappa shape index (κ3) is 8.79. The van der Waals surface area contributed by atoms with E-state index < -0.39 is 36.1 Å². The van der Waals surface area contributed by atoms with Gasteiger partial charge in [-0.25, -0.2) is 0 Å². The van der Waals surface area contributed by atoms with Crippen LogP contribution in [0.5, 0.6) is 0 Å². The highest BCUT2D eigenvalue weighted by molar-refractivity contribution is 5.95. The molecule has 3 rings (SSSR count). The number of aliphatic hydroxyl groups excluding tert-OH is 2. The zero-order valence-electron chi connectivity index (χ0n) is 22.6. The van der Waals surface area contributed by atoms with E-state index in [0.717, 1.165) is 25.7 Å². The quantitative estimate of drug-likeness (QED) is 0.274. The van der Waals surface area contributed by atoms with Crippen LogP contribution in [0.1, 0.15) is 71.6 Å². The van der Waals surface area contributed by atoms with Crippen molar-refractivity contribution < 1.29 is 29.3 Å². The summed E-state index contributed by atoms with van der Waals surface area (Å²) in [5, 5.41) is 27.4. The van der Waals surface area contributed by atoms with Gasteiger partial charge in [0.15, 0.2) is 0 Å². The molecule has 6 atom stereocenters. The number of hydrogen-bond acceptors (Lipinski definition) is 6. The second-order valence-electron chi connectivity index (χ2n) is 11.5. The monoisotopic (exact) mass is 521 g/mol. The standard InChI is InChI=1S/C28H47N3O6/c1-4-8-22(29-26(34)20-17-21(20)28(36)31-11-13-37-14-12-31)27(35)30-23(16-19-9-6-5-7-10-19)25(33)24(32)15-18(2)3/h4,18-25,32-33H,1,5-17H2,2-3H3,(H,29,34)(H,30,35)/t20?,21?,22-,23-,24-,25+/m0/s1. The molecule has 0 aromatic heterocycles. The molecule has 0 radical (unpaired) electrons. The summed E-state index contributed by atoms with van der Waals surface area (Å²) in [6, 6.07) is -1.46. The number of amides is 3. The highest BCUT2D eigenvalue weighted by Crippen LogP contribution is 2.40. The normalized spacial score (nSPS) is 25.6. The van der Waals surface area contributed by atoms with Crippen LogP contribution in [0.2, 0.25) is 0 Å². The van der Waals surface area contributed by atoms with Crippen LogP contribution in [0.25, 0.3) is 0 Å². The number of rotatable bonds is 13. The van der Waals surface area contributed by atoms with Gasteiger partial charge in [-0.15, -0.1) is 6.58 Å². The lowest BCUT2D eigenvalue weighted by Crippen LogP contribution is -2.55. The minimum atomic E-state index is -1.09. The predicted molar refractivity (Wildman–Crippen MR) is 140 cm³/mol. The highest BCUT2D eigenvalue weighted by Gasteiger charge is 2.50. The molecule has 1 saturated heterocycles. The lowest BCUT2D eigenvalue weighted by molar-refractivity contribution is -0.138. The van der Waals surface area contributed by atoms with Crippen LogP contribution in [0.15, 0.2) is 12.7 Å². The zero-order chi connectivity index (χ0) is 26.9. The Morgan fingerprint density at radius 1 is 1.05 bits per heavy atom. The van der Waals surface area contributed by atoms with Crippen molar-refractivity contribution in [2.24, 2.45) is 23.7 Å². The molecule has 37 heavy (non-hydrogen) atoms. The van der Waals surface area contributed by atoms with Crippen molar-refractivity contribution in [1.29, 1.82) is 0 Å². The van der Waals surface area contributed by atoms with E-state index in [4.69, 9.17) is 4.74 Å². The van der Waals surface area contributed by atoms with E-state index in [-0.39, 0.29) is 30.1 Å². The van der Waals surface area contributed by atoms with Crippen molar-refractivity contribution in [2.45, 2.75) is 95.9 Å². The van der Waals surface area contributed by atoms with Crippen molar-refractivity contribution in [3.05, 3.63) is 12.7 Å². The molecular weight excluding hydrogens is 474 g/mol. The number of ether oxygens (including phenoxy) is 1. The van der Waals surface area contributed by atoms with Gasteiger partial charge in [-0.05, 0) is 37.5 Å². The fraction of sp³-hybridized carbons (Fsp3) is 0.821. The Morgan fingerprint density at radius 2 is 1.73 bits per heavy atom. The van der Waals surface area contributed by atoms with Gasteiger partial charge in [0.05, 0.1) is 37.2 Å². The summed E-state index contributed by atoms with van der Waals surface area (Å²) in [6.45, 7) is 9.79. The molecule has 9 nitrogen and oxygen atoms in total. The van der Waals surface area contributed by atoms with E-state index in [1.54, 1.807) is 11.0 Å².